The van der Waals surface area contributed by atoms with E-state index in [1.807, 2.05) is 5.38 Å². The standard InChI is InChI=1S/C23H23ClFN5O3S/c1-32-22(31)18-15(9-30-16-7-12(26)8-23(16)17(30)10-33-23)28-20(21-27-4-5-34-21)29-19(18)13-3-2-11(25)6-14(13)24/h2-6,12,16-17,19H,7-10,26H2,1H3,(H,28,29). The van der Waals surface area contributed by atoms with E-state index in [1.165, 1.54) is 30.6 Å². The molecule has 6 rings (SSSR count). The highest BCUT2D eigenvalue weighted by atomic mass is 35.5. The van der Waals surface area contributed by atoms with Gasteiger partial charge < -0.3 is 20.5 Å². The van der Waals surface area contributed by atoms with E-state index in [4.69, 9.17) is 31.8 Å². The summed E-state index contributed by atoms with van der Waals surface area (Å²) in [6.07, 6.45) is 3.39. The number of methoxy groups -OCH3 is 1. The van der Waals surface area contributed by atoms with Crippen molar-refractivity contribution < 1.29 is 18.7 Å². The number of amidine groups is 1. The summed E-state index contributed by atoms with van der Waals surface area (Å²) in [5.74, 6) is -0.451. The van der Waals surface area contributed by atoms with Crippen molar-refractivity contribution in [1.29, 1.82) is 0 Å². The largest absolute Gasteiger partial charge is 0.466 e. The molecule has 3 fully saturated rings. The molecule has 2 aromatic rings. The van der Waals surface area contributed by atoms with Crippen molar-refractivity contribution >= 4 is 34.7 Å². The van der Waals surface area contributed by atoms with Crippen molar-refractivity contribution in [2.24, 2.45) is 10.7 Å². The average molecular weight is 504 g/mol. The third-order valence-corrected chi connectivity index (χ3v) is 8.42. The molecule has 2 saturated heterocycles. The van der Waals surface area contributed by atoms with Crippen LogP contribution in [0.3, 0.4) is 0 Å². The number of halogens is 2. The van der Waals surface area contributed by atoms with Crippen LogP contribution in [0.4, 0.5) is 4.39 Å². The fourth-order valence-electron chi connectivity index (χ4n) is 5.80. The highest BCUT2D eigenvalue weighted by Gasteiger charge is 2.70. The van der Waals surface area contributed by atoms with Crippen LogP contribution in [0.2, 0.25) is 5.02 Å². The number of morpholine rings is 1. The van der Waals surface area contributed by atoms with Crippen LogP contribution >= 0.6 is 22.9 Å². The minimum absolute atomic E-state index is 0.101. The Kier molecular flexibility index (Phi) is 5.27. The van der Waals surface area contributed by atoms with Crippen LogP contribution in [0.25, 0.3) is 0 Å². The summed E-state index contributed by atoms with van der Waals surface area (Å²) in [6.45, 7) is 1.11. The number of nitrogens with zero attached hydrogens (tertiary/aromatic N) is 3. The average Bonchev–Trinajstić information content (AvgIpc) is 3.45. The van der Waals surface area contributed by atoms with Crippen LogP contribution in [-0.2, 0) is 14.3 Å². The number of nitrogens with two attached hydrogens (primary N) is 1. The van der Waals surface area contributed by atoms with E-state index in [-0.39, 0.29) is 28.7 Å². The minimum atomic E-state index is -0.773. The molecule has 3 aliphatic heterocycles. The fraction of sp³-hybridized carbons (Fsp3) is 0.435. The summed E-state index contributed by atoms with van der Waals surface area (Å²) in [5, 5.41) is 6.07. The van der Waals surface area contributed by atoms with Crippen LogP contribution in [0.5, 0.6) is 0 Å². The normalized spacial score (nSPS) is 32.2. The van der Waals surface area contributed by atoms with Gasteiger partial charge in [-0.1, -0.05) is 17.7 Å². The van der Waals surface area contributed by atoms with Crippen molar-refractivity contribution in [3.63, 3.8) is 0 Å². The Bertz CT molecular complexity index is 1220. The summed E-state index contributed by atoms with van der Waals surface area (Å²) >= 11 is 7.85. The van der Waals surface area contributed by atoms with Crippen molar-refractivity contribution in [2.75, 3.05) is 20.3 Å². The minimum Gasteiger partial charge on any atom is -0.466 e. The Balaban J connectivity index is 1.43. The molecule has 5 atom stereocenters. The predicted octanol–water partition coefficient (Wildman–Crippen LogP) is 2.40. The molecule has 1 spiro atoms. The number of aliphatic imine (C=N–C) groups is 1. The molecule has 34 heavy (non-hydrogen) atoms. The zero-order valence-electron chi connectivity index (χ0n) is 18.3. The van der Waals surface area contributed by atoms with Crippen LogP contribution in [0, 0.1) is 5.82 Å². The van der Waals surface area contributed by atoms with Gasteiger partial charge in [0.05, 0.1) is 25.3 Å². The van der Waals surface area contributed by atoms with Crippen molar-refractivity contribution in [3.8, 4) is 0 Å². The number of carbonyl (C=O) groups excluding carboxylic acids is 1. The summed E-state index contributed by atoms with van der Waals surface area (Å²) in [5.41, 5.74) is 7.63. The zero-order valence-corrected chi connectivity index (χ0v) is 19.9. The monoisotopic (exact) mass is 503 g/mol. The number of rotatable bonds is 5. The number of likely N-dealkylation sites (tertiary alicyclic amines) is 1. The second-order valence-electron chi connectivity index (χ2n) is 9.06. The molecule has 178 valence electrons. The van der Waals surface area contributed by atoms with Gasteiger partial charge in [-0.2, -0.15) is 0 Å². The number of esters is 1. The molecule has 3 N–H and O–H groups in total. The SMILES string of the molecule is COC(=O)C1=C(CN2C3COC34CC(N)CC24)NC(c2nccs2)=NC1c1ccc(F)cc1Cl. The summed E-state index contributed by atoms with van der Waals surface area (Å²) in [4.78, 5) is 24.6. The second-order valence-corrected chi connectivity index (χ2v) is 10.4. The first kappa shape index (κ1) is 22.1. The van der Waals surface area contributed by atoms with E-state index in [0.717, 1.165) is 12.8 Å². The fourth-order valence-corrected chi connectivity index (χ4v) is 6.66. The first-order chi connectivity index (χ1) is 16.4. The van der Waals surface area contributed by atoms with Crippen LogP contribution in [0.1, 0.15) is 29.5 Å². The summed E-state index contributed by atoms with van der Waals surface area (Å²) in [7, 11) is 1.33. The molecule has 8 nitrogen and oxygen atoms in total. The zero-order chi connectivity index (χ0) is 23.6. The van der Waals surface area contributed by atoms with Gasteiger partial charge >= 0.3 is 5.97 Å². The quantitative estimate of drug-likeness (QED) is 0.604. The van der Waals surface area contributed by atoms with Crippen molar-refractivity contribution in [2.45, 2.75) is 42.6 Å². The molecule has 0 amide bonds. The number of hydrogen-bond acceptors (Lipinski definition) is 9. The molecule has 1 saturated carbocycles. The number of nitrogens with one attached hydrogen (secondary N) is 1. The molecule has 4 heterocycles. The molecule has 4 aliphatic rings. The number of aromatic nitrogens is 1. The van der Waals surface area contributed by atoms with Crippen LogP contribution < -0.4 is 11.1 Å². The summed E-state index contributed by atoms with van der Waals surface area (Å²) < 4.78 is 25.0. The van der Waals surface area contributed by atoms with E-state index >= 15 is 0 Å². The van der Waals surface area contributed by atoms with Gasteiger partial charge in [-0.25, -0.2) is 14.2 Å². The second kappa shape index (κ2) is 8.10. The lowest BCUT2D eigenvalue weighted by atomic mass is 9.72. The van der Waals surface area contributed by atoms with Crippen LogP contribution in [0.15, 0.2) is 46.0 Å². The predicted molar refractivity (Wildman–Crippen MR) is 125 cm³/mol. The number of thiazole rings is 1. The number of ether oxygens (including phenoxy) is 2. The maximum Gasteiger partial charge on any atom is 0.338 e. The first-order valence-electron chi connectivity index (χ1n) is 11.1. The van der Waals surface area contributed by atoms with Crippen LogP contribution in [-0.4, -0.2) is 65.7 Å². The lowest BCUT2D eigenvalue weighted by Gasteiger charge is -2.67. The van der Waals surface area contributed by atoms with E-state index < -0.39 is 17.8 Å². The van der Waals surface area contributed by atoms with Gasteiger partial charge in [-0.05, 0) is 25.0 Å². The lowest BCUT2D eigenvalue weighted by Crippen LogP contribution is -2.83. The Labute approximate surface area is 204 Å². The smallest absolute Gasteiger partial charge is 0.338 e. The van der Waals surface area contributed by atoms with Gasteiger partial charge in [0.25, 0.3) is 0 Å². The van der Waals surface area contributed by atoms with Gasteiger partial charge in [0, 0.05) is 46.5 Å². The van der Waals surface area contributed by atoms with Crippen molar-refractivity contribution in [3.05, 3.63) is 62.5 Å². The number of benzene rings is 1. The molecule has 11 heteroatoms. The third-order valence-electron chi connectivity index (χ3n) is 7.31. The van der Waals surface area contributed by atoms with E-state index in [2.05, 4.69) is 15.2 Å². The van der Waals surface area contributed by atoms with Gasteiger partial charge in [-0.15, -0.1) is 11.3 Å². The Morgan fingerprint density at radius 2 is 2.32 bits per heavy atom. The lowest BCUT2D eigenvalue weighted by molar-refractivity contribution is -0.312. The molecular weight excluding hydrogens is 481 g/mol. The Morgan fingerprint density at radius 1 is 1.47 bits per heavy atom. The van der Waals surface area contributed by atoms with Gasteiger partial charge in [-0.3, -0.25) is 9.89 Å². The number of hydrogen-bond donors (Lipinski definition) is 2. The number of carbonyl (C=O) groups is 1. The Hall–Kier alpha value is -2.37. The van der Waals surface area contributed by atoms with Gasteiger partial charge in [0.1, 0.15) is 17.5 Å². The molecule has 5 unspecified atom stereocenters. The molecule has 1 aromatic carbocycles. The van der Waals surface area contributed by atoms with E-state index in [9.17, 15) is 9.18 Å². The summed E-state index contributed by atoms with van der Waals surface area (Å²) in [6, 6.07) is 3.88. The maximum atomic E-state index is 13.8. The van der Waals surface area contributed by atoms with Crippen molar-refractivity contribution in [1.82, 2.24) is 15.2 Å². The van der Waals surface area contributed by atoms with Gasteiger partial charge in [0.2, 0.25) is 0 Å². The van der Waals surface area contributed by atoms with E-state index in [1.54, 1.807) is 12.3 Å². The third kappa shape index (κ3) is 3.24. The van der Waals surface area contributed by atoms with Gasteiger partial charge in [0.15, 0.2) is 10.8 Å². The molecule has 0 radical (unpaired) electrons. The molecule has 1 aliphatic carbocycles. The molecule has 0 bridgehead atoms. The maximum absolute atomic E-state index is 13.8. The molecule has 1 aromatic heterocycles. The van der Waals surface area contributed by atoms with E-state index in [0.29, 0.717) is 40.8 Å². The highest BCUT2D eigenvalue weighted by Crippen LogP contribution is 2.56. The topological polar surface area (TPSA) is 102 Å². The highest BCUT2D eigenvalue weighted by molar-refractivity contribution is 7.11. The molecular formula is C23H23ClFN5O3S. The Morgan fingerprint density at radius 3 is 3.00 bits per heavy atom. The first-order valence-corrected chi connectivity index (χ1v) is 12.3.